The highest BCUT2D eigenvalue weighted by Gasteiger charge is 2.37. The molecule has 1 aliphatic heterocycles. The van der Waals surface area contributed by atoms with E-state index in [2.05, 4.69) is 41.3 Å². The fourth-order valence-corrected chi connectivity index (χ4v) is 3.77. The zero-order chi connectivity index (χ0) is 16.9. The van der Waals surface area contributed by atoms with Crippen molar-refractivity contribution in [3.63, 3.8) is 0 Å². The molecule has 2 N–H and O–H groups in total. The summed E-state index contributed by atoms with van der Waals surface area (Å²) in [5, 5.41) is 7.22. The van der Waals surface area contributed by atoms with Gasteiger partial charge in [-0.25, -0.2) is 0 Å². The van der Waals surface area contributed by atoms with Crippen LogP contribution in [-0.2, 0) is 4.74 Å². The summed E-state index contributed by atoms with van der Waals surface area (Å²) in [5.41, 5.74) is 0.416. The molecule has 0 radical (unpaired) electrons. The summed E-state index contributed by atoms with van der Waals surface area (Å²) in [7, 11) is 3.67. The van der Waals surface area contributed by atoms with E-state index in [-0.39, 0.29) is 24.0 Å². The van der Waals surface area contributed by atoms with E-state index >= 15 is 0 Å². The Hall–Kier alpha value is -0.0800. The number of ether oxygens (including phenoxy) is 1. The van der Waals surface area contributed by atoms with E-state index in [1.165, 1.54) is 25.8 Å². The Labute approximate surface area is 165 Å². The highest BCUT2D eigenvalue weighted by molar-refractivity contribution is 14.0. The Morgan fingerprint density at radius 2 is 2.04 bits per heavy atom. The van der Waals surface area contributed by atoms with Gasteiger partial charge in [-0.15, -0.1) is 24.0 Å². The molecule has 1 saturated heterocycles. The topological polar surface area (TPSA) is 48.9 Å². The second kappa shape index (κ2) is 10.2. The summed E-state index contributed by atoms with van der Waals surface area (Å²) in [6.07, 6.45) is 5.11. The summed E-state index contributed by atoms with van der Waals surface area (Å²) in [5.74, 6) is 1.61. The van der Waals surface area contributed by atoms with Gasteiger partial charge in [0.05, 0.1) is 0 Å². The third kappa shape index (κ3) is 5.73. The van der Waals surface area contributed by atoms with Crippen LogP contribution in [0.2, 0.25) is 0 Å². The maximum absolute atomic E-state index is 5.28. The van der Waals surface area contributed by atoms with Gasteiger partial charge < -0.3 is 15.4 Å². The fourth-order valence-electron chi connectivity index (χ4n) is 3.77. The molecule has 5 nitrogen and oxygen atoms in total. The zero-order valence-corrected chi connectivity index (χ0v) is 18.4. The van der Waals surface area contributed by atoms with Gasteiger partial charge in [0.15, 0.2) is 5.96 Å². The van der Waals surface area contributed by atoms with Crippen LogP contribution in [-0.4, -0.2) is 63.3 Å². The molecule has 142 valence electrons. The number of methoxy groups -OCH3 is 1. The Balaban J connectivity index is 0.00000288. The van der Waals surface area contributed by atoms with Gasteiger partial charge in [-0.2, -0.15) is 0 Å². The number of hydrogen-bond acceptors (Lipinski definition) is 3. The van der Waals surface area contributed by atoms with Crippen LogP contribution in [0.1, 0.15) is 46.5 Å². The third-order valence-electron chi connectivity index (χ3n) is 5.80. The van der Waals surface area contributed by atoms with Gasteiger partial charge in [0.1, 0.15) is 0 Å². The molecule has 0 amide bonds. The van der Waals surface area contributed by atoms with Crippen molar-refractivity contribution in [2.45, 2.75) is 58.5 Å². The van der Waals surface area contributed by atoms with Crippen LogP contribution in [0.25, 0.3) is 0 Å². The van der Waals surface area contributed by atoms with Crippen LogP contribution in [0.5, 0.6) is 0 Å². The maximum atomic E-state index is 5.28. The predicted molar refractivity (Wildman–Crippen MR) is 112 cm³/mol. The molecule has 2 rings (SSSR count). The summed E-state index contributed by atoms with van der Waals surface area (Å²) in [4.78, 5) is 6.99. The summed E-state index contributed by atoms with van der Waals surface area (Å²) >= 11 is 0. The van der Waals surface area contributed by atoms with E-state index in [1.807, 2.05) is 7.05 Å². The van der Waals surface area contributed by atoms with Crippen molar-refractivity contribution in [3.8, 4) is 0 Å². The number of rotatable bonds is 7. The molecule has 0 aromatic carbocycles. The average molecular weight is 452 g/mol. The predicted octanol–water partition coefficient (Wildman–Crippen LogP) is 2.70. The molecule has 24 heavy (non-hydrogen) atoms. The molecular weight excluding hydrogens is 415 g/mol. The zero-order valence-electron chi connectivity index (χ0n) is 16.1. The van der Waals surface area contributed by atoms with E-state index < -0.39 is 0 Å². The van der Waals surface area contributed by atoms with Gasteiger partial charge in [-0.1, -0.05) is 13.3 Å². The Morgan fingerprint density at radius 1 is 1.33 bits per heavy atom. The van der Waals surface area contributed by atoms with Gasteiger partial charge in [0.25, 0.3) is 0 Å². The number of guanidine groups is 1. The lowest BCUT2D eigenvalue weighted by atomic mass is 9.67. The van der Waals surface area contributed by atoms with Crippen molar-refractivity contribution in [3.05, 3.63) is 0 Å². The highest BCUT2D eigenvalue weighted by Crippen LogP contribution is 2.43. The van der Waals surface area contributed by atoms with Crippen molar-refractivity contribution < 1.29 is 4.74 Å². The summed E-state index contributed by atoms with van der Waals surface area (Å²) in [6, 6.07) is 1.10. The molecule has 0 spiro atoms. The minimum absolute atomic E-state index is 0. The Morgan fingerprint density at radius 3 is 2.50 bits per heavy atom. The van der Waals surface area contributed by atoms with Crippen molar-refractivity contribution in [2.24, 2.45) is 16.3 Å². The molecule has 1 saturated carbocycles. The van der Waals surface area contributed by atoms with E-state index in [0.29, 0.717) is 23.4 Å². The fraction of sp³-hybridized carbons (Fsp3) is 0.944. The molecule has 1 heterocycles. The van der Waals surface area contributed by atoms with Gasteiger partial charge >= 0.3 is 0 Å². The molecule has 1 aliphatic carbocycles. The van der Waals surface area contributed by atoms with E-state index in [9.17, 15) is 0 Å². The SMILES string of the molecule is CN=C(NCC1(CCOC)CCC1)NC1CN(C(C)C)CC1C.I. The van der Waals surface area contributed by atoms with E-state index in [4.69, 9.17) is 4.74 Å². The first kappa shape index (κ1) is 22.0. The van der Waals surface area contributed by atoms with Crippen LogP contribution in [0.4, 0.5) is 0 Å². The van der Waals surface area contributed by atoms with Crippen LogP contribution < -0.4 is 10.6 Å². The van der Waals surface area contributed by atoms with Crippen molar-refractivity contribution in [2.75, 3.05) is 40.4 Å². The number of nitrogens with one attached hydrogen (secondary N) is 2. The lowest BCUT2D eigenvalue weighted by Gasteiger charge is -2.42. The average Bonchev–Trinajstić information content (AvgIpc) is 2.85. The van der Waals surface area contributed by atoms with Crippen molar-refractivity contribution in [1.82, 2.24) is 15.5 Å². The van der Waals surface area contributed by atoms with Gasteiger partial charge in [0.2, 0.25) is 0 Å². The molecule has 2 unspecified atom stereocenters. The van der Waals surface area contributed by atoms with Crippen LogP contribution >= 0.6 is 24.0 Å². The Kier molecular flexibility index (Phi) is 9.30. The number of aliphatic imine (C=N–C) groups is 1. The largest absolute Gasteiger partial charge is 0.385 e. The molecule has 0 aromatic heterocycles. The lowest BCUT2D eigenvalue weighted by Crippen LogP contribution is -2.51. The van der Waals surface area contributed by atoms with Crippen LogP contribution in [0, 0.1) is 11.3 Å². The number of likely N-dealkylation sites (tertiary alicyclic amines) is 1. The maximum Gasteiger partial charge on any atom is 0.191 e. The Bertz CT molecular complexity index is 398. The highest BCUT2D eigenvalue weighted by atomic mass is 127. The van der Waals surface area contributed by atoms with E-state index in [1.54, 1.807) is 7.11 Å². The van der Waals surface area contributed by atoms with Crippen LogP contribution in [0.15, 0.2) is 4.99 Å². The third-order valence-corrected chi connectivity index (χ3v) is 5.80. The van der Waals surface area contributed by atoms with Gasteiger partial charge in [0, 0.05) is 52.5 Å². The molecule has 2 fully saturated rings. The van der Waals surface area contributed by atoms with Crippen LogP contribution in [0.3, 0.4) is 0 Å². The normalized spacial score (nSPS) is 26.8. The first-order chi connectivity index (χ1) is 11.0. The molecule has 2 atom stereocenters. The number of nitrogens with zero attached hydrogens (tertiary/aromatic N) is 2. The van der Waals surface area contributed by atoms with Crippen molar-refractivity contribution >= 4 is 29.9 Å². The second-order valence-electron chi connectivity index (χ2n) is 7.80. The molecular formula is C18H37IN4O. The first-order valence-corrected chi connectivity index (χ1v) is 9.20. The smallest absolute Gasteiger partial charge is 0.191 e. The van der Waals surface area contributed by atoms with E-state index in [0.717, 1.165) is 32.1 Å². The molecule has 0 bridgehead atoms. The molecule has 0 aromatic rings. The molecule has 2 aliphatic rings. The monoisotopic (exact) mass is 452 g/mol. The quantitative estimate of drug-likeness (QED) is 0.354. The second-order valence-corrected chi connectivity index (χ2v) is 7.80. The number of hydrogen-bond donors (Lipinski definition) is 2. The minimum Gasteiger partial charge on any atom is -0.385 e. The standard InChI is InChI=1S/C18H36N4O.HI/c1-14(2)22-11-15(3)16(12-22)21-17(19-4)20-13-18(7-6-8-18)9-10-23-5;/h14-16H,6-13H2,1-5H3,(H2,19,20,21);1H. The minimum atomic E-state index is 0. The number of halogens is 1. The summed E-state index contributed by atoms with van der Waals surface area (Å²) < 4.78 is 5.28. The van der Waals surface area contributed by atoms with Crippen molar-refractivity contribution in [1.29, 1.82) is 0 Å². The lowest BCUT2D eigenvalue weighted by molar-refractivity contribution is 0.0732. The first-order valence-electron chi connectivity index (χ1n) is 9.20. The molecule has 6 heteroatoms. The van der Waals surface area contributed by atoms with Gasteiger partial charge in [-0.05, 0) is 44.4 Å². The summed E-state index contributed by atoms with van der Waals surface area (Å²) in [6.45, 7) is 11.0. The van der Waals surface area contributed by atoms with Gasteiger partial charge in [-0.3, -0.25) is 9.89 Å².